The first-order valence-corrected chi connectivity index (χ1v) is 12.9. The van der Waals surface area contributed by atoms with Gasteiger partial charge in [0.2, 0.25) is 15.9 Å². The number of alkyl halides is 3. The van der Waals surface area contributed by atoms with E-state index in [0.29, 0.717) is 5.56 Å². The third-order valence-electron chi connectivity index (χ3n) is 5.98. The molecule has 0 fully saturated rings. The zero-order chi connectivity index (χ0) is 26.5. The van der Waals surface area contributed by atoms with Gasteiger partial charge >= 0.3 is 6.18 Å². The molecule has 3 aromatic rings. The van der Waals surface area contributed by atoms with Gasteiger partial charge in [0.15, 0.2) is 0 Å². The number of nitrogens with two attached hydrogens (primary N) is 1. The average molecular weight is 520 g/mol. The van der Waals surface area contributed by atoms with Crippen molar-refractivity contribution in [2.45, 2.75) is 50.2 Å². The van der Waals surface area contributed by atoms with Crippen LogP contribution in [0.3, 0.4) is 0 Å². The molecule has 0 saturated heterocycles. The second-order valence-corrected chi connectivity index (χ2v) is 10.2. The molecule has 2 N–H and O–H groups in total. The summed E-state index contributed by atoms with van der Waals surface area (Å²) in [5, 5.41) is 0. The summed E-state index contributed by atoms with van der Waals surface area (Å²) in [6, 6.07) is 12.4. The zero-order valence-electron chi connectivity index (χ0n) is 20.0. The molecule has 10 heteroatoms. The maximum atomic E-state index is 13.7. The predicted molar refractivity (Wildman–Crippen MR) is 131 cm³/mol. The monoisotopic (exact) mass is 519 g/mol. The molecule has 2 aromatic carbocycles. The molecule has 0 radical (unpaired) electrons. The van der Waals surface area contributed by atoms with Gasteiger partial charge in [-0.3, -0.25) is 9.78 Å². The smallest absolute Gasteiger partial charge is 0.370 e. The number of halogens is 3. The van der Waals surface area contributed by atoms with E-state index in [4.69, 9.17) is 5.73 Å². The Labute approximate surface area is 209 Å². The largest absolute Gasteiger partial charge is 0.417 e. The molecule has 36 heavy (non-hydrogen) atoms. The molecule has 1 aromatic heterocycles. The molecule has 1 atom stereocenters. The minimum atomic E-state index is -4.86. The van der Waals surface area contributed by atoms with Crippen molar-refractivity contribution in [3.63, 3.8) is 0 Å². The highest BCUT2D eigenvalue weighted by Crippen LogP contribution is 2.38. The minimum Gasteiger partial charge on any atom is -0.370 e. The summed E-state index contributed by atoms with van der Waals surface area (Å²) in [6.45, 7) is 3.43. The van der Waals surface area contributed by atoms with Crippen LogP contribution in [0.5, 0.6) is 0 Å². The Morgan fingerprint density at radius 1 is 1.11 bits per heavy atom. The predicted octanol–water partition coefficient (Wildman–Crippen LogP) is 5.35. The standard InChI is InChI=1S/C26H28F3N3O3S/c1-3-19-17-31-14-13-22(19)21-9-6-8-20(16-21)18(2)32(15-7-12-25(30)33)36(34,35)24-11-5-4-10-23(24)26(27,28)29/h4-6,8-11,13-14,16-18H,3,7,12,15H2,1-2H3,(H2,30,33)/t18-/m0/s1. The number of carbonyl (C=O) groups excluding carboxylic acids is 1. The molecule has 192 valence electrons. The number of nitrogens with zero attached hydrogens (tertiary/aromatic N) is 2. The van der Waals surface area contributed by atoms with Crippen molar-refractivity contribution in [2.75, 3.05) is 6.54 Å². The molecule has 0 aliphatic rings. The van der Waals surface area contributed by atoms with E-state index in [1.165, 1.54) is 6.07 Å². The van der Waals surface area contributed by atoms with Gasteiger partial charge in [-0.05, 0) is 66.3 Å². The first-order valence-electron chi connectivity index (χ1n) is 11.5. The maximum Gasteiger partial charge on any atom is 0.417 e. The van der Waals surface area contributed by atoms with Gasteiger partial charge in [0.1, 0.15) is 0 Å². The van der Waals surface area contributed by atoms with E-state index in [-0.39, 0.29) is 19.4 Å². The minimum absolute atomic E-state index is 0.0666. The molecule has 0 aliphatic heterocycles. The van der Waals surface area contributed by atoms with E-state index >= 15 is 0 Å². The van der Waals surface area contributed by atoms with Gasteiger partial charge in [0, 0.05) is 31.4 Å². The fourth-order valence-electron chi connectivity index (χ4n) is 4.11. The molecule has 3 rings (SSSR count). The fourth-order valence-corrected chi connectivity index (χ4v) is 5.98. The summed E-state index contributed by atoms with van der Waals surface area (Å²) < 4.78 is 69.4. The molecule has 1 amide bonds. The molecule has 0 aliphatic carbocycles. The van der Waals surface area contributed by atoms with Gasteiger partial charge in [-0.1, -0.05) is 37.3 Å². The van der Waals surface area contributed by atoms with Gasteiger partial charge in [0.25, 0.3) is 0 Å². The quantitative estimate of drug-likeness (QED) is 0.391. The van der Waals surface area contributed by atoms with Crippen LogP contribution < -0.4 is 5.73 Å². The second kappa shape index (κ2) is 11.2. The summed E-state index contributed by atoms with van der Waals surface area (Å²) in [4.78, 5) is 14.6. The Balaban J connectivity index is 2.08. The maximum absolute atomic E-state index is 13.7. The number of hydrogen-bond acceptors (Lipinski definition) is 4. The lowest BCUT2D eigenvalue weighted by molar-refractivity contribution is -0.140. The van der Waals surface area contributed by atoms with Crippen molar-refractivity contribution < 1.29 is 26.4 Å². The molecule has 1 heterocycles. The van der Waals surface area contributed by atoms with Crippen LogP contribution in [-0.2, 0) is 27.4 Å². The first-order chi connectivity index (χ1) is 17.0. The first kappa shape index (κ1) is 27.3. The van der Waals surface area contributed by atoms with Crippen LogP contribution in [0.25, 0.3) is 11.1 Å². The van der Waals surface area contributed by atoms with Gasteiger partial charge < -0.3 is 5.73 Å². The van der Waals surface area contributed by atoms with Crippen molar-refractivity contribution in [1.29, 1.82) is 0 Å². The molecule has 0 spiro atoms. The summed E-state index contributed by atoms with van der Waals surface area (Å²) in [5.41, 5.74) is 7.35. The number of sulfonamides is 1. The van der Waals surface area contributed by atoms with Gasteiger partial charge in [-0.2, -0.15) is 17.5 Å². The topological polar surface area (TPSA) is 93.4 Å². The Morgan fingerprint density at radius 2 is 1.83 bits per heavy atom. The van der Waals surface area contributed by atoms with Crippen molar-refractivity contribution in [3.05, 3.63) is 83.7 Å². The molecule has 0 saturated carbocycles. The number of pyridine rings is 1. The summed E-state index contributed by atoms with van der Waals surface area (Å²) in [5.74, 6) is -0.623. The Bertz CT molecular complexity index is 1330. The Hall–Kier alpha value is -3.24. The van der Waals surface area contributed by atoms with Gasteiger partial charge in [0.05, 0.1) is 10.5 Å². The number of carbonyl (C=O) groups is 1. The van der Waals surface area contributed by atoms with E-state index in [1.807, 2.05) is 25.1 Å². The van der Waals surface area contributed by atoms with Crippen LogP contribution in [0, 0.1) is 0 Å². The number of primary amides is 1. The molecular weight excluding hydrogens is 491 g/mol. The van der Waals surface area contributed by atoms with Crippen LogP contribution >= 0.6 is 0 Å². The van der Waals surface area contributed by atoms with Crippen molar-refractivity contribution in [1.82, 2.24) is 9.29 Å². The third-order valence-corrected chi connectivity index (χ3v) is 8.01. The Morgan fingerprint density at radius 3 is 2.50 bits per heavy atom. The van der Waals surface area contributed by atoms with Crippen LogP contribution in [0.1, 0.15) is 49.4 Å². The van der Waals surface area contributed by atoms with Crippen LogP contribution in [-0.4, -0.2) is 30.2 Å². The normalized spacial score (nSPS) is 13.1. The third kappa shape index (κ3) is 6.11. The zero-order valence-corrected chi connectivity index (χ0v) is 20.8. The molecule has 6 nitrogen and oxygen atoms in total. The SMILES string of the molecule is CCc1cnccc1-c1cccc([C@H](C)N(CCCC(N)=O)S(=O)(=O)c2ccccc2C(F)(F)F)c1. The van der Waals surface area contributed by atoms with Crippen LogP contribution in [0.4, 0.5) is 13.2 Å². The van der Waals surface area contributed by atoms with Gasteiger partial charge in [-0.15, -0.1) is 0 Å². The Kier molecular flexibility index (Phi) is 8.52. The summed E-state index contributed by atoms with van der Waals surface area (Å²) >= 11 is 0. The molecular formula is C26H28F3N3O3S. The van der Waals surface area contributed by atoms with Crippen molar-refractivity contribution >= 4 is 15.9 Å². The lowest BCUT2D eigenvalue weighted by Gasteiger charge is -2.30. The number of benzene rings is 2. The number of aromatic nitrogens is 1. The van der Waals surface area contributed by atoms with Crippen molar-refractivity contribution in [3.8, 4) is 11.1 Å². The van der Waals surface area contributed by atoms with E-state index < -0.39 is 38.6 Å². The van der Waals surface area contributed by atoms with E-state index in [0.717, 1.165) is 45.6 Å². The molecule has 0 unspecified atom stereocenters. The number of amides is 1. The van der Waals surface area contributed by atoms with E-state index in [1.54, 1.807) is 31.5 Å². The average Bonchev–Trinajstić information content (AvgIpc) is 2.85. The highest BCUT2D eigenvalue weighted by atomic mass is 32.2. The highest BCUT2D eigenvalue weighted by Gasteiger charge is 2.40. The van der Waals surface area contributed by atoms with Crippen LogP contribution in [0.2, 0.25) is 0 Å². The van der Waals surface area contributed by atoms with Gasteiger partial charge in [-0.25, -0.2) is 8.42 Å². The van der Waals surface area contributed by atoms with Crippen molar-refractivity contribution in [2.24, 2.45) is 5.73 Å². The van der Waals surface area contributed by atoms with Crippen LogP contribution in [0.15, 0.2) is 71.9 Å². The van der Waals surface area contributed by atoms with E-state index in [2.05, 4.69) is 4.98 Å². The lowest BCUT2D eigenvalue weighted by atomic mass is 9.97. The summed E-state index contributed by atoms with van der Waals surface area (Å²) in [7, 11) is -4.60. The summed E-state index contributed by atoms with van der Waals surface area (Å²) in [6.07, 6.45) is -0.721. The fraction of sp³-hybridized carbons (Fsp3) is 0.308. The number of aryl methyl sites for hydroxylation is 1. The highest BCUT2D eigenvalue weighted by molar-refractivity contribution is 7.89. The second-order valence-electron chi connectivity index (χ2n) is 8.37. The number of hydrogen-bond donors (Lipinski definition) is 1. The lowest BCUT2D eigenvalue weighted by Crippen LogP contribution is -2.36. The number of rotatable bonds is 10. The van der Waals surface area contributed by atoms with E-state index in [9.17, 15) is 26.4 Å². The molecule has 0 bridgehead atoms.